The third-order valence-corrected chi connectivity index (χ3v) is 5.64. The molecule has 3 fully saturated rings. The molecule has 4 nitrogen and oxygen atoms in total. The van der Waals surface area contributed by atoms with Crippen LogP contribution in [-0.4, -0.2) is 41.0 Å². The van der Waals surface area contributed by atoms with Crippen molar-refractivity contribution in [2.24, 2.45) is 0 Å². The zero-order valence-corrected chi connectivity index (χ0v) is 12.6. The minimum Gasteiger partial charge on any atom is -0.340 e. The number of hydrogen-bond acceptors (Lipinski definition) is 2. The van der Waals surface area contributed by atoms with Gasteiger partial charge in [0.25, 0.3) is 0 Å². The van der Waals surface area contributed by atoms with Crippen molar-refractivity contribution in [3.63, 3.8) is 0 Å². The molecule has 1 heterocycles. The minimum absolute atomic E-state index is 0.0265. The quantitative estimate of drug-likeness (QED) is 0.850. The van der Waals surface area contributed by atoms with Crippen LogP contribution in [0.5, 0.6) is 0 Å². The highest BCUT2D eigenvalue weighted by Gasteiger charge is 2.58. The number of carbonyl (C=O) groups is 2. The Morgan fingerprint density at radius 3 is 2.10 bits per heavy atom. The molecule has 2 spiro atoms. The summed E-state index contributed by atoms with van der Waals surface area (Å²) in [6.07, 6.45) is 8.78. The summed E-state index contributed by atoms with van der Waals surface area (Å²) in [7, 11) is 0. The van der Waals surface area contributed by atoms with Crippen molar-refractivity contribution in [1.29, 1.82) is 0 Å². The molecule has 118 valence electrons. The van der Waals surface area contributed by atoms with Gasteiger partial charge in [0, 0.05) is 0 Å². The maximum absolute atomic E-state index is 13.1. The Bertz CT molecular complexity index is 426. The summed E-state index contributed by atoms with van der Waals surface area (Å²) in [5.41, 5.74) is -1.52. The lowest BCUT2D eigenvalue weighted by atomic mass is 9.72. The van der Waals surface area contributed by atoms with Crippen molar-refractivity contribution < 1.29 is 14.0 Å². The van der Waals surface area contributed by atoms with Gasteiger partial charge in [-0.1, -0.05) is 38.5 Å². The topological polar surface area (TPSA) is 49.4 Å². The molecule has 2 saturated carbocycles. The average molecular weight is 296 g/mol. The van der Waals surface area contributed by atoms with Gasteiger partial charge in [0.2, 0.25) is 11.8 Å². The number of rotatable bonds is 2. The van der Waals surface area contributed by atoms with E-state index in [0.717, 1.165) is 38.5 Å². The van der Waals surface area contributed by atoms with E-state index in [1.54, 1.807) is 4.90 Å². The van der Waals surface area contributed by atoms with Crippen molar-refractivity contribution in [1.82, 2.24) is 10.2 Å². The van der Waals surface area contributed by atoms with Crippen LogP contribution < -0.4 is 5.32 Å². The number of nitrogens with zero attached hydrogens (tertiary/aromatic N) is 1. The fourth-order valence-electron chi connectivity index (χ4n) is 4.49. The van der Waals surface area contributed by atoms with Crippen LogP contribution in [-0.2, 0) is 9.59 Å². The smallest absolute Gasteiger partial charge is 0.249 e. The number of piperazine rings is 1. The summed E-state index contributed by atoms with van der Waals surface area (Å²) < 4.78 is 13.0. The molecule has 0 bridgehead atoms. The highest BCUT2D eigenvalue weighted by atomic mass is 19.1. The van der Waals surface area contributed by atoms with E-state index in [1.165, 1.54) is 0 Å². The zero-order valence-electron chi connectivity index (χ0n) is 12.6. The standard InChI is InChI=1S/C16H25FN2O2/c17-11-12-19-14(21)15(7-3-1-4-8-15)18-13(20)16(19)9-5-2-6-10-16/h1-12H2,(H,18,20). The highest BCUT2D eigenvalue weighted by molar-refractivity contribution is 6.02. The van der Waals surface area contributed by atoms with Gasteiger partial charge in [-0.05, 0) is 25.7 Å². The Morgan fingerprint density at radius 1 is 0.952 bits per heavy atom. The first-order chi connectivity index (χ1) is 10.1. The van der Waals surface area contributed by atoms with Gasteiger partial charge in [-0.15, -0.1) is 0 Å². The maximum Gasteiger partial charge on any atom is 0.249 e. The predicted molar refractivity (Wildman–Crippen MR) is 77.5 cm³/mol. The summed E-state index contributed by atoms with van der Waals surface area (Å²) >= 11 is 0. The molecule has 1 N–H and O–H groups in total. The normalized spacial score (nSPS) is 28.0. The molecule has 0 atom stereocenters. The zero-order chi connectivity index (χ0) is 14.9. The number of carbonyl (C=O) groups excluding carboxylic acids is 2. The molecule has 0 aromatic carbocycles. The number of halogens is 1. The van der Waals surface area contributed by atoms with Gasteiger partial charge in [0.1, 0.15) is 17.8 Å². The SMILES string of the molecule is O=C1N(CCF)C2(CCCCC2)C(=O)NC12CCCCC2. The number of amides is 2. The van der Waals surface area contributed by atoms with Crippen LogP contribution in [0.1, 0.15) is 64.2 Å². The Hall–Kier alpha value is -1.13. The molecule has 0 radical (unpaired) electrons. The largest absolute Gasteiger partial charge is 0.340 e. The lowest BCUT2D eigenvalue weighted by Gasteiger charge is -2.54. The van der Waals surface area contributed by atoms with E-state index in [2.05, 4.69) is 5.32 Å². The monoisotopic (exact) mass is 296 g/mol. The van der Waals surface area contributed by atoms with E-state index >= 15 is 0 Å². The minimum atomic E-state index is -0.774. The lowest BCUT2D eigenvalue weighted by molar-refractivity contribution is -0.167. The van der Waals surface area contributed by atoms with E-state index in [-0.39, 0.29) is 18.4 Å². The maximum atomic E-state index is 13.1. The van der Waals surface area contributed by atoms with Crippen molar-refractivity contribution in [3.8, 4) is 0 Å². The second-order valence-electron chi connectivity index (χ2n) is 6.83. The van der Waals surface area contributed by atoms with Crippen LogP contribution in [0.3, 0.4) is 0 Å². The van der Waals surface area contributed by atoms with Crippen LogP contribution in [0.2, 0.25) is 0 Å². The predicted octanol–water partition coefficient (Wildman–Crippen LogP) is 2.32. The first-order valence-electron chi connectivity index (χ1n) is 8.35. The Labute approximate surface area is 125 Å². The second-order valence-corrected chi connectivity index (χ2v) is 6.83. The molecule has 0 aromatic heterocycles. The molecule has 1 aliphatic heterocycles. The third kappa shape index (κ3) is 2.25. The van der Waals surface area contributed by atoms with Gasteiger partial charge in [-0.25, -0.2) is 4.39 Å². The molecule has 21 heavy (non-hydrogen) atoms. The Morgan fingerprint density at radius 2 is 1.52 bits per heavy atom. The summed E-state index contributed by atoms with van der Waals surface area (Å²) in [4.78, 5) is 27.5. The van der Waals surface area contributed by atoms with E-state index in [4.69, 9.17) is 0 Å². The molecule has 3 aliphatic rings. The molecule has 0 unspecified atom stereocenters. The Kier molecular flexibility index (Phi) is 3.93. The molecular formula is C16H25FN2O2. The first-order valence-corrected chi connectivity index (χ1v) is 8.35. The van der Waals surface area contributed by atoms with Gasteiger partial charge in [-0.3, -0.25) is 9.59 Å². The molecule has 3 rings (SSSR count). The summed E-state index contributed by atoms with van der Waals surface area (Å²) in [6, 6.07) is 0. The van der Waals surface area contributed by atoms with Crippen molar-refractivity contribution in [2.75, 3.05) is 13.2 Å². The highest BCUT2D eigenvalue weighted by Crippen LogP contribution is 2.42. The third-order valence-electron chi connectivity index (χ3n) is 5.64. The van der Waals surface area contributed by atoms with Gasteiger partial charge in [-0.2, -0.15) is 0 Å². The van der Waals surface area contributed by atoms with Crippen LogP contribution in [0, 0.1) is 0 Å². The number of nitrogens with one attached hydrogen (secondary N) is 1. The fourth-order valence-corrected chi connectivity index (χ4v) is 4.49. The summed E-state index contributed by atoms with van der Waals surface area (Å²) in [5, 5.41) is 3.08. The molecule has 2 aliphatic carbocycles. The van der Waals surface area contributed by atoms with E-state index < -0.39 is 17.8 Å². The molecule has 5 heteroatoms. The molecule has 1 saturated heterocycles. The number of alkyl halides is 1. The van der Waals surface area contributed by atoms with E-state index in [0.29, 0.717) is 25.7 Å². The first kappa shape index (κ1) is 14.8. The van der Waals surface area contributed by atoms with Gasteiger partial charge in [0.15, 0.2) is 0 Å². The average Bonchev–Trinajstić information content (AvgIpc) is 2.52. The van der Waals surface area contributed by atoms with Gasteiger partial charge in [0.05, 0.1) is 6.54 Å². The van der Waals surface area contributed by atoms with E-state index in [1.807, 2.05) is 0 Å². The molecule has 2 amide bonds. The summed E-state index contributed by atoms with van der Waals surface area (Å²) in [5.74, 6) is -0.0569. The molecule has 0 aromatic rings. The van der Waals surface area contributed by atoms with Crippen LogP contribution >= 0.6 is 0 Å². The van der Waals surface area contributed by atoms with Crippen molar-refractivity contribution in [3.05, 3.63) is 0 Å². The fraction of sp³-hybridized carbons (Fsp3) is 0.875. The van der Waals surface area contributed by atoms with Crippen LogP contribution in [0.25, 0.3) is 0 Å². The van der Waals surface area contributed by atoms with Crippen molar-refractivity contribution in [2.45, 2.75) is 75.3 Å². The van der Waals surface area contributed by atoms with E-state index in [9.17, 15) is 14.0 Å². The van der Waals surface area contributed by atoms with Crippen LogP contribution in [0.4, 0.5) is 4.39 Å². The molecular weight excluding hydrogens is 271 g/mol. The number of hydrogen-bond donors (Lipinski definition) is 1. The van der Waals surface area contributed by atoms with Crippen molar-refractivity contribution >= 4 is 11.8 Å². The summed E-state index contributed by atoms with van der Waals surface area (Å²) in [6.45, 7) is -0.509. The van der Waals surface area contributed by atoms with Crippen LogP contribution in [0.15, 0.2) is 0 Å². The van der Waals surface area contributed by atoms with Gasteiger partial charge < -0.3 is 10.2 Å². The Balaban J connectivity index is 1.94. The lowest BCUT2D eigenvalue weighted by Crippen LogP contribution is -2.76. The van der Waals surface area contributed by atoms with Gasteiger partial charge >= 0.3 is 0 Å². The second kappa shape index (κ2) is 5.58.